The first-order valence-electron chi connectivity index (χ1n) is 5.87. The molecule has 1 aliphatic rings. The number of aliphatic hydroxyl groups is 1. The summed E-state index contributed by atoms with van der Waals surface area (Å²) in [4.78, 5) is 4.01. The third-order valence-electron chi connectivity index (χ3n) is 3.29. The number of aliphatic hydroxyl groups excluding tert-OH is 1. The largest absolute Gasteiger partial charge is 0.505 e. The topological polar surface area (TPSA) is 47.3 Å². The molecular weight excluding hydrogens is 228 g/mol. The van der Waals surface area contributed by atoms with Gasteiger partial charge in [-0.1, -0.05) is 6.07 Å². The molecule has 3 rings (SSSR count). The van der Waals surface area contributed by atoms with E-state index in [-0.39, 0.29) is 0 Å². The molecule has 1 aliphatic carbocycles. The lowest BCUT2D eigenvalue weighted by Crippen LogP contribution is -2.08. The van der Waals surface area contributed by atoms with Crippen LogP contribution in [0.1, 0.15) is 17.5 Å². The average molecular weight is 242 g/mol. The summed E-state index contributed by atoms with van der Waals surface area (Å²) in [5.41, 5.74) is 2.88. The number of aromatic nitrogens is 2. The van der Waals surface area contributed by atoms with Crippen molar-refractivity contribution in [1.29, 1.82) is 0 Å². The predicted octanol–water partition coefficient (Wildman–Crippen LogP) is 2.72. The van der Waals surface area contributed by atoms with Gasteiger partial charge in [-0.2, -0.15) is 0 Å². The lowest BCUT2D eigenvalue weighted by atomic mass is 9.93. The molecule has 0 fully saturated rings. The van der Waals surface area contributed by atoms with Crippen LogP contribution >= 0.6 is 0 Å². The lowest BCUT2D eigenvalue weighted by Gasteiger charge is -2.20. The molecule has 0 atom stereocenters. The molecule has 0 saturated heterocycles. The maximum absolute atomic E-state index is 10.4. The minimum Gasteiger partial charge on any atom is -0.505 e. The molecule has 92 valence electrons. The first-order chi connectivity index (χ1) is 8.79. The standard InChI is InChI=1S/C14H14N2O2/c1-18-11-4-2-10-3-5-13(14(17)12(10)8-11)16-7-6-15-9-16/h2,4,6-9,17H,3,5H2,1H3. The molecule has 1 heterocycles. The van der Waals surface area contributed by atoms with Crippen molar-refractivity contribution < 1.29 is 9.84 Å². The average Bonchev–Trinajstić information content (AvgIpc) is 2.93. The Hall–Kier alpha value is -2.23. The molecule has 0 unspecified atom stereocenters. The number of ether oxygens (including phenoxy) is 1. The highest BCUT2D eigenvalue weighted by molar-refractivity contribution is 5.82. The van der Waals surface area contributed by atoms with E-state index in [1.807, 2.05) is 29.0 Å². The van der Waals surface area contributed by atoms with Gasteiger partial charge in [0, 0.05) is 18.0 Å². The van der Waals surface area contributed by atoms with Gasteiger partial charge in [0.25, 0.3) is 0 Å². The SMILES string of the molecule is COc1ccc2c(c1)C(O)=C(n1ccnc1)CC2. The molecular formula is C14H14N2O2. The molecule has 1 N–H and O–H groups in total. The van der Waals surface area contributed by atoms with Gasteiger partial charge in [0.15, 0.2) is 0 Å². The van der Waals surface area contributed by atoms with Crippen LogP contribution in [-0.4, -0.2) is 21.8 Å². The second kappa shape index (κ2) is 4.22. The Morgan fingerprint density at radius 3 is 2.94 bits per heavy atom. The number of methoxy groups -OCH3 is 1. The summed E-state index contributed by atoms with van der Waals surface area (Å²) < 4.78 is 7.06. The molecule has 4 heteroatoms. The van der Waals surface area contributed by atoms with Crippen molar-refractivity contribution in [2.24, 2.45) is 0 Å². The molecule has 1 aromatic heterocycles. The summed E-state index contributed by atoms with van der Waals surface area (Å²) in [6.45, 7) is 0. The molecule has 0 radical (unpaired) electrons. The highest BCUT2D eigenvalue weighted by atomic mass is 16.5. The van der Waals surface area contributed by atoms with Gasteiger partial charge in [-0.3, -0.25) is 0 Å². The van der Waals surface area contributed by atoms with E-state index < -0.39 is 0 Å². The number of aryl methyl sites for hydroxylation is 1. The first-order valence-corrected chi connectivity index (χ1v) is 5.87. The van der Waals surface area contributed by atoms with Gasteiger partial charge in [-0.05, 0) is 30.5 Å². The summed E-state index contributed by atoms with van der Waals surface area (Å²) in [6, 6.07) is 5.81. The van der Waals surface area contributed by atoms with E-state index >= 15 is 0 Å². The quantitative estimate of drug-likeness (QED) is 0.880. The Labute approximate surface area is 105 Å². The van der Waals surface area contributed by atoms with Gasteiger partial charge >= 0.3 is 0 Å². The third kappa shape index (κ3) is 1.66. The van der Waals surface area contributed by atoms with E-state index in [0.29, 0.717) is 5.76 Å². The summed E-state index contributed by atoms with van der Waals surface area (Å²) in [5.74, 6) is 1.07. The zero-order valence-electron chi connectivity index (χ0n) is 10.1. The van der Waals surface area contributed by atoms with E-state index in [1.165, 1.54) is 0 Å². The fourth-order valence-corrected chi connectivity index (χ4v) is 2.32. The third-order valence-corrected chi connectivity index (χ3v) is 3.29. The van der Waals surface area contributed by atoms with Gasteiger partial charge < -0.3 is 14.4 Å². The number of rotatable bonds is 2. The minimum atomic E-state index is 0.313. The van der Waals surface area contributed by atoms with Crippen LogP contribution in [-0.2, 0) is 6.42 Å². The van der Waals surface area contributed by atoms with Gasteiger partial charge in [0.2, 0.25) is 0 Å². The summed E-state index contributed by atoms with van der Waals surface area (Å²) in [5, 5.41) is 10.4. The molecule has 1 aromatic carbocycles. The molecule has 0 aliphatic heterocycles. The number of allylic oxidation sites excluding steroid dienone is 1. The molecule has 0 amide bonds. The van der Waals surface area contributed by atoms with Crippen LogP contribution < -0.4 is 4.74 Å². The Morgan fingerprint density at radius 2 is 2.22 bits per heavy atom. The Morgan fingerprint density at radius 1 is 1.33 bits per heavy atom. The van der Waals surface area contributed by atoms with E-state index in [0.717, 1.165) is 35.4 Å². The van der Waals surface area contributed by atoms with Crippen LogP contribution in [0.15, 0.2) is 36.9 Å². The second-order valence-corrected chi connectivity index (χ2v) is 4.29. The van der Waals surface area contributed by atoms with Crippen LogP contribution in [0.3, 0.4) is 0 Å². The number of imidazole rings is 1. The number of hydrogen-bond acceptors (Lipinski definition) is 3. The van der Waals surface area contributed by atoms with Crippen molar-refractivity contribution >= 4 is 11.5 Å². The normalized spacial score (nSPS) is 14.5. The maximum atomic E-state index is 10.4. The fourth-order valence-electron chi connectivity index (χ4n) is 2.32. The van der Waals surface area contributed by atoms with E-state index in [4.69, 9.17) is 4.74 Å². The molecule has 0 saturated carbocycles. The van der Waals surface area contributed by atoms with Crippen molar-refractivity contribution in [3.8, 4) is 5.75 Å². The molecule has 0 spiro atoms. The van der Waals surface area contributed by atoms with Crippen LogP contribution in [0.5, 0.6) is 5.75 Å². The Balaban J connectivity index is 2.13. The van der Waals surface area contributed by atoms with Gasteiger partial charge in [0.1, 0.15) is 11.5 Å². The monoisotopic (exact) mass is 242 g/mol. The molecule has 4 nitrogen and oxygen atoms in total. The molecule has 0 bridgehead atoms. The van der Waals surface area contributed by atoms with Crippen LogP contribution in [0.2, 0.25) is 0 Å². The van der Waals surface area contributed by atoms with Crippen LogP contribution in [0.25, 0.3) is 11.5 Å². The number of benzene rings is 1. The van der Waals surface area contributed by atoms with Crippen molar-refractivity contribution in [2.75, 3.05) is 7.11 Å². The van der Waals surface area contributed by atoms with E-state index in [2.05, 4.69) is 4.98 Å². The van der Waals surface area contributed by atoms with Crippen molar-refractivity contribution in [2.45, 2.75) is 12.8 Å². The second-order valence-electron chi connectivity index (χ2n) is 4.29. The zero-order valence-corrected chi connectivity index (χ0v) is 10.1. The summed E-state index contributed by atoms with van der Waals surface area (Å²) >= 11 is 0. The number of nitrogens with zero attached hydrogens (tertiary/aromatic N) is 2. The summed E-state index contributed by atoms with van der Waals surface area (Å²) in [7, 11) is 1.63. The highest BCUT2D eigenvalue weighted by Crippen LogP contribution is 2.34. The summed E-state index contributed by atoms with van der Waals surface area (Å²) in [6.07, 6.45) is 6.98. The Kier molecular flexibility index (Phi) is 2.55. The fraction of sp³-hybridized carbons (Fsp3) is 0.214. The van der Waals surface area contributed by atoms with Crippen LogP contribution in [0.4, 0.5) is 0 Å². The molecule has 2 aromatic rings. The number of fused-ring (bicyclic) bond motifs is 1. The first kappa shape index (κ1) is 10.9. The predicted molar refractivity (Wildman–Crippen MR) is 69.3 cm³/mol. The number of hydrogen-bond donors (Lipinski definition) is 1. The maximum Gasteiger partial charge on any atom is 0.143 e. The van der Waals surface area contributed by atoms with Gasteiger partial charge in [-0.15, -0.1) is 0 Å². The zero-order chi connectivity index (χ0) is 12.5. The van der Waals surface area contributed by atoms with Crippen LogP contribution in [0, 0.1) is 0 Å². The smallest absolute Gasteiger partial charge is 0.143 e. The Bertz CT molecular complexity index is 600. The van der Waals surface area contributed by atoms with E-state index in [1.54, 1.807) is 19.6 Å². The van der Waals surface area contributed by atoms with Crippen molar-refractivity contribution in [3.63, 3.8) is 0 Å². The minimum absolute atomic E-state index is 0.313. The van der Waals surface area contributed by atoms with Gasteiger partial charge in [-0.25, -0.2) is 4.98 Å². The highest BCUT2D eigenvalue weighted by Gasteiger charge is 2.20. The lowest BCUT2D eigenvalue weighted by molar-refractivity contribution is 0.413. The van der Waals surface area contributed by atoms with Crippen molar-refractivity contribution in [3.05, 3.63) is 48.0 Å². The molecule has 18 heavy (non-hydrogen) atoms. The van der Waals surface area contributed by atoms with Gasteiger partial charge in [0.05, 0.1) is 19.1 Å². The van der Waals surface area contributed by atoms with Crippen molar-refractivity contribution in [1.82, 2.24) is 9.55 Å². The van der Waals surface area contributed by atoms with E-state index in [9.17, 15) is 5.11 Å².